The van der Waals surface area contributed by atoms with E-state index in [9.17, 15) is 14.0 Å². The normalized spacial score (nSPS) is 11.9. The predicted molar refractivity (Wildman–Crippen MR) is 144 cm³/mol. The SMILES string of the molecule is CC(C)CNC(=O)[C@@H](Cc1ccccc1)N(Cc1c(Cl)cccc1Cl)C(=O)Cc1c(F)cccc1Cl. The van der Waals surface area contributed by atoms with Gasteiger partial charge >= 0.3 is 0 Å². The highest BCUT2D eigenvalue weighted by atomic mass is 35.5. The van der Waals surface area contributed by atoms with Crippen molar-refractivity contribution in [2.45, 2.75) is 39.3 Å². The van der Waals surface area contributed by atoms with Gasteiger partial charge in [-0.05, 0) is 35.7 Å². The average molecular weight is 550 g/mol. The Hall–Kier alpha value is -2.60. The third-order valence-corrected chi connectivity index (χ3v) is 6.80. The summed E-state index contributed by atoms with van der Waals surface area (Å²) in [5.74, 6) is -1.16. The maximum absolute atomic E-state index is 14.6. The summed E-state index contributed by atoms with van der Waals surface area (Å²) in [5.41, 5.74) is 1.44. The van der Waals surface area contributed by atoms with Crippen LogP contribution in [-0.4, -0.2) is 29.3 Å². The molecule has 0 heterocycles. The monoisotopic (exact) mass is 548 g/mol. The van der Waals surface area contributed by atoms with Gasteiger partial charge in [-0.3, -0.25) is 9.59 Å². The lowest BCUT2D eigenvalue weighted by Gasteiger charge is -2.32. The Morgan fingerprint density at radius 1 is 0.861 bits per heavy atom. The zero-order valence-corrected chi connectivity index (χ0v) is 22.4. The molecule has 1 atom stereocenters. The van der Waals surface area contributed by atoms with Gasteiger partial charge in [0, 0.05) is 45.7 Å². The van der Waals surface area contributed by atoms with Crippen LogP contribution in [0.5, 0.6) is 0 Å². The Balaban J connectivity index is 2.04. The number of hydrogen-bond donors (Lipinski definition) is 1. The number of hydrogen-bond acceptors (Lipinski definition) is 2. The second-order valence-corrected chi connectivity index (χ2v) is 10.2. The van der Waals surface area contributed by atoms with Gasteiger partial charge in [0.05, 0.1) is 6.42 Å². The molecule has 0 unspecified atom stereocenters. The first-order chi connectivity index (χ1) is 17.2. The van der Waals surface area contributed by atoms with Crippen molar-refractivity contribution in [2.75, 3.05) is 6.54 Å². The zero-order chi connectivity index (χ0) is 26.2. The topological polar surface area (TPSA) is 49.4 Å². The van der Waals surface area contributed by atoms with Crippen molar-refractivity contribution in [1.29, 1.82) is 0 Å². The van der Waals surface area contributed by atoms with Gasteiger partial charge in [-0.1, -0.05) is 91.1 Å². The van der Waals surface area contributed by atoms with Crippen molar-refractivity contribution >= 4 is 46.6 Å². The van der Waals surface area contributed by atoms with E-state index in [1.54, 1.807) is 18.2 Å². The van der Waals surface area contributed by atoms with Gasteiger partial charge in [-0.25, -0.2) is 4.39 Å². The molecule has 0 fully saturated rings. The Kier molecular flexibility index (Phi) is 10.2. The Morgan fingerprint density at radius 3 is 2.03 bits per heavy atom. The van der Waals surface area contributed by atoms with Crippen LogP contribution < -0.4 is 5.32 Å². The number of nitrogens with one attached hydrogen (secondary N) is 1. The molecule has 0 radical (unpaired) electrons. The van der Waals surface area contributed by atoms with Crippen molar-refractivity contribution in [2.24, 2.45) is 5.92 Å². The molecule has 3 rings (SSSR count). The number of rotatable bonds is 10. The lowest BCUT2D eigenvalue weighted by molar-refractivity contribution is -0.140. The van der Waals surface area contributed by atoms with E-state index in [2.05, 4.69) is 5.32 Å². The summed E-state index contributed by atoms with van der Waals surface area (Å²) in [6.07, 6.45) is -0.0695. The van der Waals surface area contributed by atoms with Gasteiger partial charge < -0.3 is 10.2 Å². The van der Waals surface area contributed by atoms with Gasteiger partial charge in [0.15, 0.2) is 0 Å². The summed E-state index contributed by atoms with van der Waals surface area (Å²) in [4.78, 5) is 28.6. The number of halogens is 4. The molecular weight excluding hydrogens is 522 g/mol. The van der Waals surface area contributed by atoms with Crippen LogP contribution in [0.25, 0.3) is 0 Å². The van der Waals surface area contributed by atoms with E-state index in [0.29, 0.717) is 22.2 Å². The molecule has 0 bridgehead atoms. The molecule has 1 N–H and O–H groups in total. The minimum absolute atomic E-state index is 0.0317. The lowest BCUT2D eigenvalue weighted by Crippen LogP contribution is -2.51. The minimum Gasteiger partial charge on any atom is -0.354 e. The number of carbonyl (C=O) groups excluding carboxylic acids is 2. The molecule has 0 saturated carbocycles. The molecule has 190 valence electrons. The molecule has 8 heteroatoms. The first-order valence-corrected chi connectivity index (χ1v) is 12.8. The van der Waals surface area contributed by atoms with E-state index < -0.39 is 17.8 Å². The molecule has 0 aliphatic carbocycles. The first-order valence-electron chi connectivity index (χ1n) is 11.6. The van der Waals surface area contributed by atoms with E-state index in [1.165, 1.54) is 23.1 Å². The quantitative estimate of drug-likeness (QED) is 0.304. The number of carbonyl (C=O) groups is 2. The van der Waals surface area contributed by atoms with Gasteiger partial charge in [0.25, 0.3) is 0 Å². The summed E-state index contributed by atoms with van der Waals surface area (Å²) in [5, 5.41) is 3.81. The van der Waals surface area contributed by atoms with E-state index >= 15 is 0 Å². The van der Waals surface area contributed by atoms with Crippen LogP contribution >= 0.6 is 34.8 Å². The molecule has 0 aliphatic heterocycles. The summed E-state index contributed by atoms with van der Waals surface area (Å²) >= 11 is 19.1. The highest BCUT2D eigenvalue weighted by molar-refractivity contribution is 6.36. The summed E-state index contributed by atoms with van der Waals surface area (Å²) < 4.78 is 14.6. The number of benzene rings is 3. The molecule has 0 spiro atoms. The van der Waals surface area contributed by atoms with Crippen LogP contribution in [0.1, 0.15) is 30.5 Å². The predicted octanol–water partition coefficient (Wildman–Crippen LogP) is 6.74. The van der Waals surface area contributed by atoms with Crippen molar-refractivity contribution in [3.05, 3.63) is 104 Å². The fourth-order valence-corrected chi connectivity index (χ4v) is 4.53. The molecule has 36 heavy (non-hydrogen) atoms. The summed E-state index contributed by atoms with van der Waals surface area (Å²) in [6.45, 7) is 4.38. The van der Waals surface area contributed by atoms with Crippen LogP contribution in [0.2, 0.25) is 15.1 Å². The van der Waals surface area contributed by atoms with E-state index in [0.717, 1.165) is 5.56 Å². The summed E-state index contributed by atoms with van der Waals surface area (Å²) in [7, 11) is 0. The third kappa shape index (κ3) is 7.45. The smallest absolute Gasteiger partial charge is 0.243 e. The third-order valence-electron chi connectivity index (χ3n) is 5.74. The van der Waals surface area contributed by atoms with Crippen LogP contribution in [0.4, 0.5) is 4.39 Å². The fourth-order valence-electron chi connectivity index (χ4n) is 3.78. The van der Waals surface area contributed by atoms with Crippen LogP contribution in [0, 0.1) is 11.7 Å². The van der Waals surface area contributed by atoms with E-state index in [4.69, 9.17) is 34.8 Å². The molecule has 0 saturated heterocycles. The Labute approximate surface area is 226 Å². The van der Waals surface area contributed by atoms with Crippen molar-refractivity contribution in [1.82, 2.24) is 10.2 Å². The molecule has 3 aromatic rings. The largest absolute Gasteiger partial charge is 0.354 e. The average Bonchev–Trinajstić information content (AvgIpc) is 2.84. The Bertz CT molecular complexity index is 1160. The zero-order valence-electron chi connectivity index (χ0n) is 20.1. The lowest BCUT2D eigenvalue weighted by atomic mass is 10.0. The van der Waals surface area contributed by atoms with Gasteiger partial charge in [0.1, 0.15) is 11.9 Å². The molecule has 0 aliphatic rings. The summed E-state index contributed by atoms with van der Waals surface area (Å²) in [6, 6.07) is 17.8. The number of nitrogens with zero attached hydrogens (tertiary/aromatic N) is 1. The molecule has 0 aromatic heterocycles. The number of amides is 2. The van der Waals surface area contributed by atoms with Crippen LogP contribution in [0.15, 0.2) is 66.7 Å². The van der Waals surface area contributed by atoms with Crippen molar-refractivity contribution < 1.29 is 14.0 Å². The van der Waals surface area contributed by atoms with Gasteiger partial charge in [-0.15, -0.1) is 0 Å². The van der Waals surface area contributed by atoms with Crippen LogP contribution in [0.3, 0.4) is 0 Å². The standard InChI is InChI=1S/C28H28Cl3FN2O2/c1-18(2)16-33-28(36)26(14-19-8-4-3-5-9-19)34(17-21-23(30)10-6-11-24(21)31)27(35)15-20-22(29)12-7-13-25(20)32/h3-13,18,26H,14-17H2,1-2H3,(H,33,36)/t26-/m1/s1. The molecular formula is C28H28Cl3FN2O2. The molecule has 4 nitrogen and oxygen atoms in total. The minimum atomic E-state index is -0.892. The van der Waals surface area contributed by atoms with Crippen molar-refractivity contribution in [3.8, 4) is 0 Å². The maximum atomic E-state index is 14.6. The second-order valence-electron chi connectivity index (χ2n) is 8.94. The van der Waals surface area contributed by atoms with Crippen molar-refractivity contribution in [3.63, 3.8) is 0 Å². The highest BCUT2D eigenvalue weighted by Crippen LogP contribution is 2.28. The second kappa shape index (κ2) is 13.1. The van der Waals surface area contributed by atoms with E-state index in [1.807, 2.05) is 44.2 Å². The van der Waals surface area contributed by atoms with Crippen LogP contribution in [-0.2, 0) is 29.0 Å². The maximum Gasteiger partial charge on any atom is 0.243 e. The Morgan fingerprint density at radius 2 is 1.44 bits per heavy atom. The van der Waals surface area contributed by atoms with Gasteiger partial charge in [-0.2, -0.15) is 0 Å². The van der Waals surface area contributed by atoms with E-state index in [-0.39, 0.29) is 41.8 Å². The van der Waals surface area contributed by atoms with Gasteiger partial charge in [0.2, 0.25) is 11.8 Å². The first kappa shape index (κ1) is 28.0. The fraction of sp³-hybridized carbons (Fsp3) is 0.286. The highest BCUT2D eigenvalue weighted by Gasteiger charge is 2.32. The molecule has 2 amide bonds. The molecule has 3 aromatic carbocycles.